The van der Waals surface area contributed by atoms with Crippen LogP contribution in [0.5, 0.6) is 0 Å². The molecule has 0 amide bonds. The summed E-state index contributed by atoms with van der Waals surface area (Å²) < 4.78 is 12.0. The van der Waals surface area contributed by atoms with E-state index in [2.05, 4.69) is 47.2 Å². The van der Waals surface area contributed by atoms with E-state index in [4.69, 9.17) is 9.47 Å². The molecule has 1 rings (SSSR count). The van der Waals surface area contributed by atoms with Crippen molar-refractivity contribution in [3.05, 3.63) is 34.3 Å². The second-order valence-electron chi connectivity index (χ2n) is 4.47. The fourth-order valence-corrected chi connectivity index (χ4v) is 1.83. The van der Waals surface area contributed by atoms with Gasteiger partial charge in [0.15, 0.2) is 0 Å². The molecule has 1 unspecified atom stereocenters. The Bertz CT molecular complexity index is 327. The van der Waals surface area contributed by atoms with Crippen LogP contribution in [0.3, 0.4) is 0 Å². The van der Waals surface area contributed by atoms with E-state index in [9.17, 15) is 0 Å². The summed E-state index contributed by atoms with van der Waals surface area (Å²) >= 11 is 3.44. The maximum Gasteiger partial charge on any atom is 0.0950 e. The fraction of sp³-hybridized carbons (Fsp3) is 0.571. The molecule has 0 spiro atoms. The van der Waals surface area contributed by atoms with Crippen LogP contribution in [0.4, 0.5) is 0 Å². The minimum Gasteiger partial charge on any atom is -0.382 e. The zero-order valence-electron chi connectivity index (χ0n) is 11.3. The molecule has 0 bridgehead atoms. The van der Waals surface area contributed by atoms with Gasteiger partial charge in [-0.25, -0.2) is 0 Å². The number of ether oxygens (including phenoxy) is 2. The third-order valence-electron chi connectivity index (χ3n) is 2.56. The van der Waals surface area contributed by atoms with Gasteiger partial charge in [0.1, 0.15) is 0 Å². The van der Waals surface area contributed by atoms with Crippen LogP contribution >= 0.6 is 15.9 Å². The highest BCUT2D eigenvalue weighted by molar-refractivity contribution is 9.10. The van der Waals surface area contributed by atoms with Crippen LogP contribution in [-0.4, -0.2) is 32.9 Å². The zero-order chi connectivity index (χ0) is 13.4. The number of hydrogen-bond donors (Lipinski definition) is 1. The van der Waals surface area contributed by atoms with Gasteiger partial charge in [-0.15, -0.1) is 0 Å². The van der Waals surface area contributed by atoms with Crippen LogP contribution < -0.4 is 5.32 Å². The van der Waals surface area contributed by atoms with E-state index in [0.717, 1.165) is 11.0 Å². The number of rotatable bonds is 8. The smallest absolute Gasteiger partial charge is 0.0950 e. The van der Waals surface area contributed by atoms with Crippen molar-refractivity contribution in [2.45, 2.75) is 26.0 Å². The first-order chi connectivity index (χ1) is 8.63. The van der Waals surface area contributed by atoms with Gasteiger partial charge in [-0.3, -0.25) is 0 Å². The summed E-state index contributed by atoms with van der Waals surface area (Å²) in [6.45, 7) is 6.30. The van der Waals surface area contributed by atoms with E-state index >= 15 is 0 Å². The van der Waals surface area contributed by atoms with E-state index in [1.54, 1.807) is 7.11 Å². The van der Waals surface area contributed by atoms with Crippen molar-refractivity contribution >= 4 is 15.9 Å². The van der Waals surface area contributed by atoms with Crippen LogP contribution in [0.25, 0.3) is 0 Å². The van der Waals surface area contributed by atoms with Gasteiger partial charge >= 0.3 is 0 Å². The number of hydrogen-bond acceptors (Lipinski definition) is 3. The van der Waals surface area contributed by atoms with Gasteiger partial charge in [0.2, 0.25) is 0 Å². The Labute approximate surface area is 118 Å². The molecule has 0 fully saturated rings. The second-order valence-corrected chi connectivity index (χ2v) is 5.38. The van der Waals surface area contributed by atoms with E-state index in [0.29, 0.717) is 19.3 Å². The number of halogens is 1. The van der Waals surface area contributed by atoms with Gasteiger partial charge in [-0.05, 0) is 17.7 Å². The third-order valence-corrected chi connectivity index (χ3v) is 3.09. The van der Waals surface area contributed by atoms with Crippen molar-refractivity contribution in [1.29, 1.82) is 0 Å². The van der Waals surface area contributed by atoms with E-state index in [1.165, 1.54) is 5.56 Å². The van der Waals surface area contributed by atoms with Crippen LogP contribution in [0.1, 0.15) is 25.5 Å². The predicted molar refractivity (Wildman–Crippen MR) is 77.8 cm³/mol. The molecule has 18 heavy (non-hydrogen) atoms. The maximum absolute atomic E-state index is 5.86. The lowest BCUT2D eigenvalue weighted by Gasteiger charge is -2.20. The van der Waals surface area contributed by atoms with Crippen molar-refractivity contribution in [2.75, 3.05) is 26.9 Å². The van der Waals surface area contributed by atoms with E-state index < -0.39 is 0 Å². The molecule has 0 radical (unpaired) electrons. The Hall–Kier alpha value is -0.420. The Morgan fingerprint density at radius 2 is 1.83 bits per heavy atom. The Kier molecular flexibility index (Phi) is 7.51. The lowest BCUT2D eigenvalue weighted by atomic mass is 10.1. The van der Waals surface area contributed by atoms with Crippen molar-refractivity contribution in [2.24, 2.45) is 0 Å². The zero-order valence-corrected chi connectivity index (χ0v) is 12.9. The quantitative estimate of drug-likeness (QED) is 0.747. The lowest BCUT2D eigenvalue weighted by Crippen LogP contribution is -2.29. The molecule has 1 aromatic carbocycles. The highest BCUT2D eigenvalue weighted by Crippen LogP contribution is 2.19. The lowest BCUT2D eigenvalue weighted by molar-refractivity contribution is 0.0158. The fourth-order valence-electron chi connectivity index (χ4n) is 1.57. The van der Waals surface area contributed by atoms with Crippen molar-refractivity contribution in [3.8, 4) is 0 Å². The molecule has 0 saturated carbocycles. The molecule has 0 aliphatic rings. The second kappa shape index (κ2) is 8.64. The highest BCUT2D eigenvalue weighted by atomic mass is 79.9. The summed E-state index contributed by atoms with van der Waals surface area (Å²) in [5.74, 6) is 0. The van der Waals surface area contributed by atoms with Crippen LogP contribution in [-0.2, 0) is 9.47 Å². The summed E-state index contributed by atoms with van der Waals surface area (Å²) in [7, 11) is 1.68. The van der Waals surface area contributed by atoms with Crippen molar-refractivity contribution in [1.82, 2.24) is 5.32 Å². The predicted octanol–water partition coefficient (Wildman–Crippen LogP) is 3.15. The van der Waals surface area contributed by atoms with Gasteiger partial charge in [-0.1, -0.05) is 41.9 Å². The molecular formula is C14H22BrNO2. The summed E-state index contributed by atoms with van der Waals surface area (Å²) in [6.07, 6.45) is 0.0654. The standard InChI is InChI=1S/C14H22BrNO2/c1-11(2)16-10-14(18-9-8-17-3)12-4-6-13(15)7-5-12/h4-7,11,14,16H,8-10H2,1-3H3. The van der Waals surface area contributed by atoms with E-state index in [1.807, 2.05) is 12.1 Å². The largest absolute Gasteiger partial charge is 0.382 e. The molecule has 4 heteroatoms. The van der Waals surface area contributed by atoms with Crippen molar-refractivity contribution < 1.29 is 9.47 Å². The molecule has 3 nitrogen and oxygen atoms in total. The summed E-state index contributed by atoms with van der Waals surface area (Å²) in [6, 6.07) is 8.70. The summed E-state index contributed by atoms with van der Waals surface area (Å²) in [5.41, 5.74) is 1.18. The van der Waals surface area contributed by atoms with Crippen LogP contribution in [0.2, 0.25) is 0 Å². The topological polar surface area (TPSA) is 30.5 Å². The van der Waals surface area contributed by atoms with Gasteiger partial charge in [0.05, 0.1) is 19.3 Å². The van der Waals surface area contributed by atoms with Gasteiger partial charge in [0.25, 0.3) is 0 Å². The molecule has 0 aliphatic carbocycles. The molecule has 0 saturated heterocycles. The number of methoxy groups -OCH3 is 1. The number of nitrogens with one attached hydrogen (secondary N) is 1. The monoisotopic (exact) mass is 315 g/mol. The molecule has 0 heterocycles. The highest BCUT2D eigenvalue weighted by Gasteiger charge is 2.12. The van der Waals surface area contributed by atoms with Crippen molar-refractivity contribution in [3.63, 3.8) is 0 Å². The van der Waals surface area contributed by atoms with Gasteiger partial charge in [-0.2, -0.15) is 0 Å². The Morgan fingerprint density at radius 1 is 1.17 bits per heavy atom. The minimum atomic E-state index is 0.0654. The van der Waals surface area contributed by atoms with Crippen LogP contribution in [0, 0.1) is 0 Å². The molecule has 1 N–H and O–H groups in total. The Morgan fingerprint density at radius 3 is 2.39 bits per heavy atom. The molecule has 102 valence electrons. The SMILES string of the molecule is COCCOC(CNC(C)C)c1ccc(Br)cc1. The summed E-state index contributed by atoms with van der Waals surface area (Å²) in [4.78, 5) is 0. The summed E-state index contributed by atoms with van der Waals surface area (Å²) in [5, 5.41) is 3.41. The molecule has 0 aromatic heterocycles. The van der Waals surface area contributed by atoms with Crippen LogP contribution in [0.15, 0.2) is 28.7 Å². The Balaban J connectivity index is 2.60. The maximum atomic E-state index is 5.86. The van der Waals surface area contributed by atoms with Gasteiger partial charge < -0.3 is 14.8 Å². The third kappa shape index (κ3) is 5.96. The molecule has 1 aromatic rings. The van der Waals surface area contributed by atoms with E-state index in [-0.39, 0.29) is 6.10 Å². The average Bonchev–Trinajstić information content (AvgIpc) is 2.34. The van der Waals surface area contributed by atoms with Gasteiger partial charge in [0, 0.05) is 24.2 Å². The normalized spacial score (nSPS) is 12.9. The number of benzene rings is 1. The average molecular weight is 316 g/mol. The first-order valence-corrected chi connectivity index (χ1v) is 7.02. The minimum absolute atomic E-state index is 0.0654. The first-order valence-electron chi connectivity index (χ1n) is 6.23. The first kappa shape index (κ1) is 15.6. The molecule has 1 atom stereocenters. The molecule has 0 aliphatic heterocycles. The molecular weight excluding hydrogens is 294 g/mol.